The van der Waals surface area contributed by atoms with Gasteiger partial charge >= 0.3 is 0 Å². The van der Waals surface area contributed by atoms with Gasteiger partial charge in [0.15, 0.2) is 0 Å². The number of rotatable bonds is 3. The van der Waals surface area contributed by atoms with Gasteiger partial charge in [0.05, 0.1) is 10.4 Å². The summed E-state index contributed by atoms with van der Waals surface area (Å²) < 4.78 is 27.4. The summed E-state index contributed by atoms with van der Waals surface area (Å²) in [6, 6.07) is 8.55. The first-order valence-electron chi connectivity index (χ1n) is 6.06. The first-order valence-corrected chi connectivity index (χ1v) is 7.98. The molecule has 0 atom stereocenters. The maximum Gasteiger partial charge on any atom is 0.241 e. The number of hydrogen-bond donors (Lipinski definition) is 1. The van der Waals surface area contributed by atoms with Gasteiger partial charge in [-0.3, -0.25) is 4.98 Å². The smallest absolute Gasteiger partial charge is 0.241 e. The minimum absolute atomic E-state index is 0.0561. The van der Waals surface area contributed by atoms with Crippen LogP contribution in [0, 0.1) is 0 Å². The molecule has 1 aliphatic carbocycles. The van der Waals surface area contributed by atoms with Gasteiger partial charge in [0.1, 0.15) is 0 Å². The first kappa shape index (κ1) is 12.8. The molecule has 0 unspecified atom stereocenters. The molecule has 6 heteroatoms. The van der Waals surface area contributed by atoms with Gasteiger partial charge < -0.3 is 0 Å². The largest absolute Gasteiger partial charge is 0.256 e. The normalized spacial score (nSPS) is 23.2. The van der Waals surface area contributed by atoms with Gasteiger partial charge in [-0.25, -0.2) is 13.1 Å². The van der Waals surface area contributed by atoms with Crippen LogP contribution >= 0.6 is 11.6 Å². The summed E-state index contributed by atoms with van der Waals surface area (Å²) in [6.45, 7) is 0. The van der Waals surface area contributed by atoms with E-state index in [1.807, 2.05) is 0 Å². The molecule has 2 aromatic rings. The molecule has 0 radical (unpaired) electrons. The van der Waals surface area contributed by atoms with E-state index in [9.17, 15) is 8.42 Å². The van der Waals surface area contributed by atoms with Crippen LogP contribution in [0.2, 0.25) is 0 Å². The fourth-order valence-corrected chi connectivity index (χ4v) is 4.15. The molecular weight excluding hydrogens is 284 g/mol. The number of nitrogens with one attached hydrogen (secondary N) is 1. The molecule has 0 spiro atoms. The van der Waals surface area contributed by atoms with Gasteiger partial charge in [-0.1, -0.05) is 6.07 Å². The van der Waals surface area contributed by atoms with Gasteiger partial charge in [-0.15, -0.1) is 11.6 Å². The van der Waals surface area contributed by atoms with Crippen molar-refractivity contribution in [3.05, 3.63) is 36.5 Å². The molecule has 0 bridgehead atoms. The summed E-state index contributed by atoms with van der Waals surface area (Å²) in [5.74, 6) is 0. The number of fused-ring (bicyclic) bond motifs is 1. The van der Waals surface area contributed by atoms with Crippen molar-refractivity contribution >= 4 is 32.5 Å². The van der Waals surface area contributed by atoms with E-state index in [0.717, 1.165) is 0 Å². The molecule has 0 saturated heterocycles. The third-order valence-corrected chi connectivity index (χ3v) is 5.23. The number of hydrogen-bond acceptors (Lipinski definition) is 3. The molecule has 4 nitrogen and oxygen atoms in total. The number of halogens is 1. The topological polar surface area (TPSA) is 59.1 Å². The molecule has 19 heavy (non-hydrogen) atoms. The summed E-state index contributed by atoms with van der Waals surface area (Å²) in [5.41, 5.74) is 0.675. The third-order valence-electron chi connectivity index (χ3n) is 3.30. The van der Waals surface area contributed by atoms with Crippen LogP contribution in [-0.4, -0.2) is 24.8 Å². The zero-order valence-electron chi connectivity index (χ0n) is 10.1. The summed E-state index contributed by atoms with van der Waals surface area (Å²) in [6.07, 6.45) is 3.02. The first-order chi connectivity index (χ1) is 9.06. The van der Waals surface area contributed by atoms with Gasteiger partial charge in [0.2, 0.25) is 10.0 Å². The number of nitrogens with zero attached hydrogens (tertiary/aromatic N) is 1. The highest BCUT2D eigenvalue weighted by atomic mass is 35.5. The van der Waals surface area contributed by atoms with E-state index < -0.39 is 10.0 Å². The van der Waals surface area contributed by atoms with Crippen LogP contribution in [0.4, 0.5) is 0 Å². The highest BCUT2D eigenvalue weighted by molar-refractivity contribution is 7.89. The van der Waals surface area contributed by atoms with Crippen molar-refractivity contribution in [3.8, 4) is 0 Å². The summed E-state index contributed by atoms with van der Waals surface area (Å²) >= 11 is 5.87. The standard InChI is InChI=1S/C13H13ClN2O2S/c14-9-7-10(8-9)16-19(17,18)13-5-1-4-12-11(13)3-2-6-15-12/h1-6,9-10,16H,7-8H2. The van der Waals surface area contributed by atoms with Gasteiger partial charge in [-0.05, 0) is 37.1 Å². The zero-order chi connectivity index (χ0) is 13.5. The number of sulfonamides is 1. The van der Waals surface area contributed by atoms with Gasteiger partial charge in [0, 0.05) is 23.0 Å². The van der Waals surface area contributed by atoms with Gasteiger partial charge in [-0.2, -0.15) is 0 Å². The third kappa shape index (κ3) is 2.45. The second-order valence-corrected chi connectivity index (χ2v) is 7.01. The average Bonchev–Trinajstić information content (AvgIpc) is 2.36. The van der Waals surface area contributed by atoms with Crippen LogP contribution in [0.1, 0.15) is 12.8 Å². The maximum atomic E-state index is 12.4. The molecule has 1 saturated carbocycles. The lowest BCUT2D eigenvalue weighted by atomic mass is 9.94. The Bertz CT molecular complexity index is 706. The molecule has 100 valence electrons. The molecular formula is C13H13ClN2O2S. The SMILES string of the molecule is O=S(=O)(NC1CC(Cl)C1)c1cccc2ncccc12. The minimum Gasteiger partial charge on any atom is -0.256 e. The Morgan fingerprint density at radius 2 is 2.00 bits per heavy atom. The van der Waals surface area contributed by atoms with Crippen molar-refractivity contribution in [2.75, 3.05) is 0 Å². The molecule has 1 fully saturated rings. The molecule has 1 aromatic carbocycles. The molecule has 0 amide bonds. The summed E-state index contributed by atoms with van der Waals surface area (Å²) in [4.78, 5) is 4.44. The summed E-state index contributed by atoms with van der Waals surface area (Å²) in [7, 11) is -3.52. The molecule has 1 N–H and O–H groups in total. The quantitative estimate of drug-likeness (QED) is 0.884. The fraction of sp³-hybridized carbons (Fsp3) is 0.308. The molecule has 1 heterocycles. The van der Waals surface area contributed by atoms with E-state index in [1.165, 1.54) is 0 Å². The lowest BCUT2D eigenvalue weighted by Crippen LogP contribution is -2.44. The Hall–Kier alpha value is -1.17. The lowest BCUT2D eigenvalue weighted by Gasteiger charge is -2.31. The fourth-order valence-electron chi connectivity index (χ4n) is 2.24. The van der Waals surface area contributed by atoms with Crippen LogP contribution in [0.5, 0.6) is 0 Å². The van der Waals surface area contributed by atoms with E-state index in [1.54, 1.807) is 36.5 Å². The van der Waals surface area contributed by atoms with Crippen molar-refractivity contribution < 1.29 is 8.42 Å². The van der Waals surface area contributed by atoms with Crippen molar-refractivity contribution in [3.63, 3.8) is 0 Å². The van der Waals surface area contributed by atoms with Crippen LogP contribution in [0.3, 0.4) is 0 Å². The van der Waals surface area contributed by atoms with Gasteiger partial charge in [0.25, 0.3) is 0 Å². The highest BCUT2D eigenvalue weighted by Gasteiger charge is 2.31. The lowest BCUT2D eigenvalue weighted by molar-refractivity contribution is 0.391. The maximum absolute atomic E-state index is 12.4. The Kier molecular flexibility index (Phi) is 3.20. The highest BCUT2D eigenvalue weighted by Crippen LogP contribution is 2.28. The number of alkyl halides is 1. The number of aromatic nitrogens is 1. The Morgan fingerprint density at radius 3 is 2.74 bits per heavy atom. The monoisotopic (exact) mass is 296 g/mol. The predicted octanol–water partition coefficient (Wildman–Crippen LogP) is 2.28. The van der Waals surface area contributed by atoms with Crippen molar-refractivity contribution in [1.29, 1.82) is 0 Å². The van der Waals surface area contributed by atoms with Crippen molar-refractivity contribution in [1.82, 2.24) is 9.71 Å². The summed E-state index contributed by atoms with van der Waals surface area (Å²) in [5, 5.41) is 0.723. The molecule has 0 aliphatic heterocycles. The zero-order valence-corrected chi connectivity index (χ0v) is 11.7. The van der Waals surface area contributed by atoms with E-state index >= 15 is 0 Å². The van der Waals surface area contributed by atoms with E-state index in [0.29, 0.717) is 23.7 Å². The van der Waals surface area contributed by atoms with Crippen molar-refractivity contribution in [2.45, 2.75) is 29.2 Å². The minimum atomic E-state index is -3.52. The Balaban J connectivity index is 1.99. The number of benzene rings is 1. The Labute approximate surface area is 116 Å². The van der Waals surface area contributed by atoms with Crippen LogP contribution in [0.15, 0.2) is 41.4 Å². The van der Waals surface area contributed by atoms with E-state index in [2.05, 4.69) is 9.71 Å². The van der Waals surface area contributed by atoms with Crippen LogP contribution in [-0.2, 0) is 10.0 Å². The average molecular weight is 297 g/mol. The van der Waals surface area contributed by atoms with Crippen molar-refractivity contribution in [2.24, 2.45) is 0 Å². The van der Waals surface area contributed by atoms with E-state index in [-0.39, 0.29) is 16.3 Å². The molecule has 3 rings (SSSR count). The second-order valence-electron chi connectivity index (χ2n) is 4.71. The molecule has 1 aromatic heterocycles. The second kappa shape index (κ2) is 4.74. The number of pyridine rings is 1. The van der Waals surface area contributed by atoms with E-state index in [4.69, 9.17) is 11.6 Å². The Morgan fingerprint density at radius 1 is 1.21 bits per heavy atom. The van der Waals surface area contributed by atoms with Crippen LogP contribution in [0.25, 0.3) is 10.9 Å². The molecule has 1 aliphatic rings. The van der Waals surface area contributed by atoms with Crippen LogP contribution < -0.4 is 4.72 Å². The predicted molar refractivity (Wildman–Crippen MR) is 74.7 cm³/mol.